The van der Waals surface area contributed by atoms with Crippen LogP contribution in [-0.4, -0.2) is 5.91 Å². The second-order valence-electron chi connectivity index (χ2n) is 4.07. The Bertz CT molecular complexity index is 577. The van der Waals surface area contributed by atoms with E-state index in [1.165, 1.54) is 5.56 Å². The van der Waals surface area contributed by atoms with Crippen LogP contribution < -0.4 is 10.1 Å². The molecule has 1 aromatic heterocycles. The molecular formula is C14H13Cl2N2O+. The first-order valence-electron chi connectivity index (χ1n) is 5.86. The molecule has 0 spiro atoms. The zero-order valence-electron chi connectivity index (χ0n) is 10.4. The molecule has 0 unspecified atom stereocenters. The van der Waals surface area contributed by atoms with Crippen LogP contribution in [0.15, 0.2) is 42.7 Å². The molecule has 3 nitrogen and oxygen atoms in total. The average Bonchev–Trinajstić information content (AvgIpc) is 2.38. The Labute approximate surface area is 121 Å². The van der Waals surface area contributed by atoms with E-state index in [0.29, 0.717) is 15.6 Å². The van der Waals surface area contributed by atoms with E-state index in [1.807, 2.05) is 12.1 Å². The number of rotatable bonds is 3. The Balaban J connectivity index is 2.15. The zero-order valence-corrected chi connectivity index (χ0v) is 11.9. The monoisotopic (exact) mass is 295 g/mol. The highest BCUT2D eigenvalue weighted by Crippen LogP contribution is 2.18. The van der Waals surface area contributed by atoms with Crippen LogP contribution in [0, 0.1) is 0 Å². The van der Waals surface area contributed by atoms with Crippen molar-refractivity contribution in [2.24, 2.45) is 0 Å². The number of pyridine rings is 1. The summed E-state index contributed by atoms with van der Waals surface area (Å²) in [5.74, 6) is -0.265. The molecule has 0 aliphatic carbocycles. The van der Waals surface area contributed by atoms with Gasteiger partial charge in [-0.15, -0.1) is 5.43 Å². The Morgan fingerprint density at radius 1 is 1.16 bits per heavy atom. The topological polar surface area (TPSA) is 33.0 Å². The van der Waals surface area contributed by atoms with Crippen LogP contribution >= 0.6 is 23.2 Å². The molecule has 98 valence electrons. The van der Waals surface area contributed by atoms with E-state index >= 15 is 0 Å². The van der Waals surface area contributed by atoms with Gasteiger partial charge in [0.05, 0.1) is 0 Å². The second kappa shape index (κ2) is 6.04. The summed E-state index contributed by atoms with van der Waals surface area (Å²) >= 11 is 11.7. The van der Waals surface area contributed by atoms with Crippen molar-refractivity contribution in [2.45, 2.75) is 13.3 Å². The molecular weight excluding hydrogens is 283 g/mol. The first-order chi connectivity index (χ1) is 9.08. The molecule has 0 atom stereocenters. The van der Waals surface area contributed by atoms with Gasteiger partial charge in [0.1, 0.15) is 0 Å². The molecule has 1 aromatic carbocycles. The van der Waals surface area contributed by atoms with Crippen LogP contribution in [0.4, 0.5) is 0 Å². The van der Waals surface area contributed by atoms with E-state index in [9.17, 15) is 4.79 Å². The number of benzene rings is 1. The Kier molecular flexibility index (Phi) is 4.40. The number of carbonyl (C=O) groups excluding carboxylic acids is 1. The molecule has 1 N–H and O–H groups in total. The van der Waals surface area contributed by atoms with E-state index in [0.717, 1.165) is 6.42 Å². The van der Waals surface area contributed by atoms with Crippen molar-refractivity contribution in [3.8, 4) is 0 Å². The van der Waals surface area contributed by atoms with Crippen molar-refractivity contribution >= 4 is 29.1 Å². The van der Waals surface area contributed by atoms with Crippen LogP contribution in [-0.2, 0) is 6.42 Å². The lowest BCUT2D eigenvalue weighted by Gasteiger charge is -2.02. The van der Waals surface area contributed by atoms with Gasteiger partial charge in [-0.1, -0.05) is 34.8 Å². The predicted octanol–water partition coefficient (Wildman–Crippen LogP) is 3.23. The molecule has 2 aromatic rings. The van der Waals surface area contributed by atoms with Crippen molar-refractivity contribution in [3.63, 3.8) is 0 Å². The third kappa shape index (κ3) is 3.69. The SMILES string of the molecule is CCc1cc[n+](NC(=O)c2cc(Cl)cc(Cl)c2)cc1. The Morgan fingerprint density at radius 2 is 1.74 bits per heavy atom. The Morgan fingerprint density at radius 3 is 2.26 bits per heavy atom. The number of aryl methyl sites for hydroxylation is 1. The lowest BCUT2D eigenvalue weighted by Crippen LogP contribution is -2.47. The van der Waals surface area contributed by atoms with Crippen LogP contribution in [0.1, 0.15) is 22.8 Å². The van der Waals surface area contributed by atoms with E-state index < -0.39 is 0 Å². The minimum atomic E-state index is -0.265. The maximum absolute atomic E-state index is 12.0. The van der Waals surface area contributed by atoms with E-state index in [2.05, 4.69) is 12.3 Å². The molecule has 0 saturated heterocycles. The number of carbonyl (C=O) groups is 1. The maximum Gasteiger partial charge on any atom is 0.305 e. The van der Waals surface area contributed by atoms with Gasteiger partial charge in [-0.2, -0.15) is 0 Å². The molecule has 0 aliphatic heterocycles. The molecule has 0 radical (unpaired) electrons. The summed E-state index contributed by atoms with van der Waals surface area (Å²) in [5, 5.41) is 0.868. The minimum Gasteiger partial charge on any atom is -0.264 e. The first kappa shape index (κ1) is 13.8. The highest BCUT2D eigenvalue weighted by atomic mass is 35.5. The quantitative estimate of drug-likeness (QED) is 0.867. The van der Waals surface area contributed by atoms with Gasteiger partial charge in [0, 0.05) is 27.7 Å². The average molecular weight is 296 g/mol. The summed E-state index contributed by atoms with van der Waals surface area (Å²) in [5.41, 5.74) is 4.35. The molecule has 5 heteroatoms. The Hall–Kier alpha value is -1.58. The highest BCUT2D eigenvalue weighted by Gasteiger charge is 2.12. The van der Waals surface area contributed by atoms with E-state index in [-0.39, 0.29) is 5.91 Å². The van der Waals surface area contributed by atoms with Gasteiger partial charge in [-0.3, -0.25) is 4.79 Å². The summed E-state index contributed by atoms with van der Waals surface area (Å²) in [7, 11) is 0. The summed E-state index contributed by atoms with van der Waals surface area (Å²) < 4.78 is 1.59. The van der Waals surface area contributed by atoms with Crippen LogP contribution in [0.3, 0.4) is 0 Å². The largest absolute Gasteiger partial charge is 0.305 e. The number of halogens is 2. The second-order valence-corrected chi connectivity index (χ2v) is 4.94. The van der Waals surface area contributed by atoms with Crippen LogP contribution in [0.25, 0.3) is 0 Å². The van der Waals surface area contributed by atoms with Gasteiger partial charge in [0.2, 0.25) is 0 Å². The molecule has 1 heterocycles. The number of hydrogen-bond donors (Lipinski definition) is 1. The molecule has 0 fully saturated rings. The fraction of sp³-hybridized carbons (Fsp3) is 0.143. The van der Waals surface area contributed by atoms with E-state index in [4.69, 9.17) is 23.2 Å². The van der Waals surface area contributed by atoms with Crippen molar-refractivity contribution in [3.05, 3.63) is 63.9 Å². The number of aromatic nitrogens is 1. The standard InChI is InChI=1S/C14H12Cl2N2O/c1-2-10-3-5-18(6-4-10)17-14(19)11-7-12(15)9-13(16)8-11/h3-9H,2H2,1H3/p+1. The van der Waals surface area contributed by atoms with Crippen molar-refractivity contribution < 1.29 is 9.47 Å². The summed E-state index contributed by atoms with van der Waals surface area (Å²) in [6.07, 6.45) is 4.55. The van der Waals surface area contributed by atoms with Gasteiger partial charge in [0.15, 0.2) is 12.4 Å². The summed E-state index contributed by atoms with van der Waals surface area (Å²) in [6, 6.07) is 8.63. The van der Waals surface area contributed by atoms with Gasteiger partial charge >= 0.3 is 5.91 Å². The smallest absolute Gasteiger partial charge is 0.264 e. The van der Waals surface area contributed by atoms with Gasteiger partial charge in [-0.05, 0) is 30.2 Å². The van der Waals surface area contributed by atoms with Crippen molar-refractivity contribution in [2.75, 3.05) is 5.43 Å². The molecule has 0 bridgehead atoms. The first-order valence-corrected chi connectivity index (χ1v) is 6.61. The third-order valence-corrected chi connectivity index (χ3v) is 3.10. The lowest BCUT2D eigenvalue weighted by molar-refractivity contribution is -0.641. The van der Waals surface area contributed by atoms with Crippen molar-refractivity contribution in [1.29, 1.82) is 0 Å². The normalized spacial score (nSPS) is 10.3. The van der Waals surface area contributed by atoms with Crippen molar-refractivity contribution in [1.82, 2.24) is 0 Å². The summed E-state index contributed by atoms with van der Waals surface area (Å²) in [6.45, 7) is 2.08. The molecule has 19 heavy (non-hydrogen) atoms. The number of nitrogens with zero attached hydrogens (tertiary/aromatic N) is 1. The number of nitrogens with one attached hydrogen (secondary N) is 1. The van der Waals surface area contributed by atoms with Crippen LogP contribution in [0.2, 0.25) is 10.0 Å². The maximum atomic E-state index is 12.0. The molecule has 2 rings (SSSR count). The fourth-order valence-corrected chi connectivity index (χ4v) is 2.16. The predicted molar refractivity (Wildman–Crippen MR) is 76.2 cm³/mol. The van der Waals surface area contributed by atoms with E-state index in [1.54, 1.807) is 35.3 Å². The third-order valence-electron chi connectivity index (χ3n) is 2.66. The highest BCUT2D eigenvalue weighted by molar-refractivity contribution is 6.35. The molecule has 0 aliphatic rings. The van der Waals surface area contributed by atoms with Crippen LogP contribution in [0.5, 0.6) is 0 Å². The lowest BCUT2D eigenvalue weighted by atomic mass is 10.2. The van der Waals surface area contributed by atoms with Gasteiger partial charge in [0.25, 0.3) is 0 Å². The number of hydrogen-bond acceptors (Lipinski definition) is 1. The summed E-state index contributed by atoms with van der Waals surface area (Å²) in [4.78, 5) is 12.0. The molecule has 0 saturated carbocycles. The molecule has 1 amide bonds. The van der Waals surface area contributed by atoms with Gasteiger partial charge < -0.3 is 0 Å². The number of amides is 1. The minimum absolute atomic E-state index is 0.265. The fourth-order valence-electron chi connectivity index (χ4n) is 1.63. The zero-order chi connectivity index (χ0) is 13.8. The van der Waals surface area contributed by atoms with Gasteiger partial charge in [-0.25, -0.2) is 0 Å².